The molecule has 1 amide bonds. The molecule has 2 aromatic rings. The molecule has 0 aromatic carbocycles. The normalized spacial score (nSPS) is 20.6. The van der Waals surface area contributed by atoms with Crippen LogP contribution in [0.5, 0.6) is 0 Å². The van der Waals surface area contributed by atoms with Crippen molar-refractivity contribution in [3.63, 3.8) is 0 Å². The summed E-state index contributed by atoms with van der Waals surface area (Å²) < 4.78 is 5.42. The van der Waals surface area contributed by atoms with Crippen LogP contribution in [0.25, 0.3) is 0 Å². The predicted molar refractivity (Wildman–Crippen MR) is 109 cm³/mol. The Labute approximate surface area is 174 Å². The van der Waals surface area contributed by atoms with Gasteiger partial charge in [-0.1, -0.05) is 0 Å². The SMILES string of the molecule is Cc1nc(CC(=O)N2CCC3(CCc4c3nc(N3CCOCC3)[nH]c4=O)CC2)n[nH]1. The Kier molecular flexibility index (Phi) is 4.80. The molecule has 2 aliphatic heterocycles. The third-order valence-corrected chi connectivity index (χ3v) is 6.70. The number of carbonyl (C=O) groups excluding carboxylic acids is 1. The van der Waals surface area contributed by atoms with Crippen molar-refractivity contribution < 1.29 is 9.53 Å². The second-order valence-corrected chi connectivity index (χ2v) is 8.49. The molecule has 1 spiro atoms. The molecular weight excluding hydrogens is 386 g/mol. The highest BCUT2D eigenvalue weighted by atomic mass is 16.5. The van der Waals surface area contributed by atoms with Crippen molar-refractivity contribution in [3.8, 4) is 0 Å². The van der Waals surface area contributed by atoms with Crippen LogP contribution in [0.2, 0.25) is 0 Å². The number of hydrogen-bond donors (Lipinski definition) is 2. The highest BCUT2D eigenvalue weighted by molar-refractivity contribution is 5.78. The lowest BCUT2D eigenvalue weighted by atomic mass is 9.76. The van der Waals surface area contributed by atoms with Gasteiger partial charge in [0.05, 0.1) is 25.3 Å². The number of nitrogens with zero attached hydrogens (tertiary/aromatic N) is 5. The number of piperidine rings is 1. The van der Waals surface area contributed by atoms with Crippen molar-refractivity contribution in [2.45, 2.75) is 44.4 Å². The summed E-state index contributed by atoms with van der Waals surface area (Å²) in [5.41, 5.74) is 1.65. The summed E-state index contributed by atoms with van der Waals surface area (Å²) in [6.07, 6.45) is 3.56. The lowest BCUT2D eigenvalue weighted by Gasteiger charge is -2.39. The third kappa shape index (κ3) is 3.38. The Morgan fingerprint density at radius 3 is 2.60 bits per heavy atom. The molecule has 1 aliphatic carbocycles. The van der Waals surface area contributed by atoms with E-state index in [1.165, 1.54) is 0 Å². The molecule has 10 nitrogen and oxygen atoms in total. The van der Waals surface area contributed by atoms with E-state index in [0.29, 0.717) is 43.9 Å². The summed E-state index contributed by atoms with van der Waals surface area (Å²) in [7, 11) is 0. The minimum absolute atomic E-state index is 0.0168. The van der Waals surface area contributed by atoms with E-state index in [1.807, 2.05) is 11.8 Å². The van der Waals surface area contributed by atoms with Crippen LogP contribution in [0.15, 0.2) is 4.79 Å². The van der Waals surface area contributed by atoms with E-state index in [9.17, 15) is 9.59 Å². The second kappa shape index (κ2) is 7.50. The summed E-state index contributed by atoms with van der Waals surface area (Å²) in [6.45, 7) is 5.92. The fourth-order valence-electron chi connectivity index (χ4n) is 4.95. The number of ether oxygens (including phenoxy) is 1. The molecule has 160 valence electrons. The number of aromatic nitrogens is 5. The maximum Gasteiger partial charge on any atom is 0.255 e. The van der Waals surface area contributed by atoms with Crippen molar-refractivity contribution in [2.75, 3.05) is 44.3 Å². The minimum Gasteiger partial charge on any atom is -0.378 e. The maximum atomic E-state index is 12.7. The van der Waals surface area contributed by atoms with Gasteiger partial charge in [-0.2, -0.15) is 5.10 Å². The van der Waals surface area contributed by atoms with Gasteiger partial charge in [-0.05, 0) is 32.6 Å². The van der Waals surface area contributed by atoms with Crippen LogP contribution in [-0.4, -0.2) is 75.3 Å². The molecule has 0 bridgehead atoms. The van der Waals surface area contributed by atoms with Crippen molar-refractivity contribution in [2.24, 2.45) is 0 Å². The lowest BCUT2D eigenvalue weighted by Crippen LogP contribution is -2.45. The van der Waals surface area contributed by atoms with E-state index < -0.39 is 0 Å². The van der Waals surface area contributed by atoms with Crippen molar-refractivity contribution in [3.05, 3.63) is 33.3 Å². The number of amides is 1. The van der Waals surface area contributed by atoms with Gasteiger partial charge in [0, 0.05) is 37.2 Å². The van der Waals surface area contributed by atoms with Crippen LogP contribution in [-0.2, 0) is 27.8 Å². The summed E-state index contributed by atoms with van der Waals surface area (Å²) in [5.74, 6) is 1.95. The average molecular weight is 413 g/mol. The number of aromatic amines is 2. The Balaban J connectivity index is 1.32. The van der Waals surface area contributed by atoms with Gasteiger partial charge in [0.1, 0.15) is 5.82 Å². The minimum atomic E-state index is -0.109. The first kappa shape index (κ1) is 19.2. The fourth-order valence-corrected chi connectivity index (χ4v) is 4.95. The van der Waals surface area contributed by atoms with Gasteiger partial charge in [0.2, 0.25) is 11.9 Å². The summed E-state index contributed by atoms with van der Waals surface area (Å²) in [4.78, 5) is 41.6. The molecule has 2 fully saturated rings. The number of likely N-dealkylation sites (tertiary alicyclic amines) is 1. The van der Waals surface area contributed by atoms with Crippen LogP contribution in [0.4, 0.5) is 5.95 Å². The van der Waals surface area contributed by atoms with Crippen molar-refractivity contribution in [1.82, 2.24) is 30.0 Å². The summed E-state index contributed by atoms with van der Waals surface area (Å²) in [6, 6.07) is 0. The second-order valence-electron chi connectivity index (χ2n) is 8.49. The molecule has 2 saturated heterocycles. The largest absolute Gasteiger partial charge is 0.378 e. The molecule has 4 heterocycles. The van der Waals surface area contributed by atoms with Crippen LogP contribution in [0, 0.1) is 6.92 Å². The zero-order valence-electron chi connectivity index (χ0n) is 17.2. The summed E-state index contributed by atoms with van der Waals surface area (Å²) >= 11 is 0. The lowest BCUT2D eigenvalue weighted by molar-refractivity contribution is -0.132. The number of aryl methyl sites for hydroxylation is 1. The Bertz CT molecular complexity index is 1000. The molecule has 2 N–H and O–H groups in total. The number of fused-ring (bicyclic) bond motifs is 2. The first-order valence-electron chi connectivity index (χ1n) is 10.7. The molecule has 3 aliphatic rings. The number of nitrogens with one attached hydrogen (secondary N) is 2. The van der Waals surface area contributed by atoms with Gasteiger partial charge in [0.15, 0.2) is 5.82 Å². The molecule has 0 radical (unpaired) electrons. The smallest absolute Gasteiger partial charge is 0.255 e. The first-order valence-corrected chi connectivity index (χ1v) is 10.7. The molecule has 0 saturated carbocycles. The van der Waals surface area contributed by atoms with E-state index in [1.54, 1.807) is 0 Å². The van der Waals surface area contributed by atoms with E-state index in [4.69, 9.17) is 9.72 Å². The molecule has 0 unspecified atom stereocenters. The summed E-state index contributed by atoms with van der Waals surface area (Å²) in [5, 5.41) is 6.85. The topological polar surface area (TPSA) is 120 Å². The zero-order chi connectivity index (χ0) is 20.7. The third-order valence-electron chi connectivity index (χ3n) is 6.70. The molecule has 5 rings (SSSR count). The van der Waals surface area contributed by atoms with Crippen LogP contribution < -0.4 is 10.5 Å². The number of anilines is 1. The first-order chi connectivity index (χ1) is 14.5. The standard InChI is InChI=1S/C20H27N7O3/c1-13-21-15(25-24-13)12-16(28)26-6-4-20(5-7-26)3-2-14-17(20)22-19(23-18(14)29)27-8-10-30-11-9-27/h2-12H2,1H3,(H,21,24,25)(H,22,23,29). The molecular formula is C20H27N7O3. The van der Waals surface area contributed by atoms with Crippen molar-refractivity contribution in [1.29, 1.82) is 0 Å². The van der Waals surface area contributed by atoms with Crippen LogP contribution >= 0.6 is 0 Å². The van der Waals surface area contributed by atoms with Gasteiger partial charge in [-0.3, -0.25) is 19.7 Å². The molecule has 2 aromatic heterocycles. The number of morpholine rings is 1. The van der Waals surface area contributed by atoms with Gasteiger partial charge in [0.25, 0.3) is 5.56 Å². The van der Waals surface area contributed by atoms with Gasteiger partial charge >= 0.3 is 0 Å². The number of H-pyrrole nitrogens is 2. The number of rotatable bonds is 3. The number of carbonyl (C=O) groups is 1. The fraction of sp³-hybridized carbons (Fsp3) is 0.650. The van der Waals surface area contributed by atoms with E-state index in [2.05, 4.69) is 25.1 Å². The van der Waals surface area contributed by atoms with Crippen LogP contribution in [0.3, 0.4) is 0 Å². The van der Waals surface area contributed by atoms with Crippen molar-refractivity contribution >= 4 is 11.9 Å². The highest BCUT2D eigenvalue weighted by Gasteiger charge is 2.45. The van der Waals surface area contributed by atoms with Gasteiger partial charge in [-0.25, -0.2) is 9.97 Å². The maximum absolute atomic E-state index is 12.7. The van der Waals surface area contributed by atoms with E-state index in [-0.39, 0.29) is 23.3 Å². The average Bonchev–Trinajstić information content (AvgIpc) is 3.33. The highest BCUT2D eigenvalue weighted by Crippen LogP contribution is 2.44. The van der Waals surface area contributed by atoms with Crippen LogP contribution in [0.1, 0.15) is 42.2 Å². The molecule has 10 heteroatoms. The van der Waals surface area contributed by atoms with E-state index >= 15 is 0 Å². The van der Waals surface area contributed by atoms with Gasteiger partial charge in [-0.15, -0.1) is 0 Å². The Morgan fingerprint density at radius 2 is 1.90 bits per heavy atom. The molecule has 30 heavy (non-hydrogen) atoms. The quantitative estimate of drug-likeness (QED) is 0.731. The Morgan fingerprint density at radius 1 is 1.13 bits per heavy atom. The van der Waals surface area contributed by atoms with E-state index in [0.717, 1.165) is 50.0 Å². The zero-order valence-corrected chi connectivity index (χ0v) is 17.2. The monoisotopic (exact) mass is 413 g/mol. The molecule has 0 atom stereocenters. The predicted octanol–water partition coefficient (Wildman–Crippen LogP) is 0.0821. The Hall–Kier alpha value is -2.75. The number of hydrogen-bond acceptors (Lipinski definition) is 7. The van der Waals surface area contributed by atoms with Gasteiger partial charge < -0.3 is 14.5 Å².